The molecule has 1 aromatic rings. The lowest BCUT2D eigenvalue weighted by Gasteiger charge is -2.15. The highest BCUT2D eigenvalue weighted by molar-refractivity contribution is 5.82. The van der Waals surface area contributed by atoms with Crippen LogP contribution >= 0.6 is 0 Å². The van der Waals surface area contributed by atoms with E-state index in [1.807, 2.05) is 18.2 Å². The van der Waals surface area contributed by atoms with Crippen LogP contribution in [0.1, 0.15) is 43.9 Å². The summed E-state index contributed by atoms with van der Waals surface area (Å²) in [6.07, 6.45) is 0. The largest absolute Gasteiger partial charge is 0.496 e. The SMILES string of the molecule is COc1ccc(C(N)C(C)=O)cc1C(C)C. The Labute approximate surface area is 96.6 Å². The summed E-state index contributed by atoms with van der Waals surface area (Å²) in [6.45, 7) is 5.67. The molecule has 0 aliphatic heterocycles. The number of nitrogens with two attached hydrogens (primary N) is 1. The molecule has 0 radical (unpaired) electrons. The van der Waals surface area contributed by atoms with Crippen LogP contribution in [0.25, 0.3) is 0 Å². The number of carbonyl (C=O) groups excluding carboxylic acids is 1. The van der Waals surface area contributed by atoms with Crippen LogP contribution in [0.3, 0.4) is 0 Å². The minimum atomic E-state index is -0.539. The third kappa shape index (κ3) is 2.61. The third-order valence-corrected chi connectivity index (χ3v) is 2.67. The summed E-state index contributed by atoms with van der Waals surface area (Å²) >= 11 is 0. The van der Waals surface area contributed by atoms with Gasteiger partial charge in [0, 0.05) is 0 Å². The van der Waals surface area contributed by atoms with Gasteiger partial charge in [0.1, 0.15) is 5.75 Å². The Bertz CT molecular complexity index is 386. The van der Waals surface area contributed by atoms with Crippen molar-refractivity contribution in [2.24, 2.45) is 5.73 Å². The topological polar surface area (TPSA) is 52.3 Å². The molecule has 0 fully saturated rings. The number of ether oxygens (including phenoxy) is 1. The van der Waals surface area contributed by atoms with E-state index in [2.05, 4.69) is 13.8 Å². The van der Waals surface area contributed by atoms with Crippen molar-refractivity contribution in [3.63, 3.8) is 0 Å². The van der Waals surface area contributed by atoms with Gasteiger partial charge >= 0.3 is 0 Å². The zero-order valence-electron chi connectivity index (χ0n) is 10.3. The van der Waals surface area contributed by atoms with Gasteiger partial charge in [-0.25, -0.2) is 0 Å². The molecule has 88 valence electrons. The minimum absolute atomic E-state index is 0.0279. The lowest BCUT2D eigenvalue weighted by atomic mass is 9.95. The highest BCUT2D eigenvalue weighted by atomic mass is 16.5. The number of carbonyl (C=O) groups is 1. The Kier molecular flexibility index (Phi) is 4.07. The highest BCUT2D eigenvalue weighted by Crippen LogP contribution is 2.28. The first-order chi connectivity index (χ1) is 7.47. The van der Waals surface area contributed by atoms with Gasteiger partial charge in [0.25, 0.3) is 0 Å². The Hall–Kier alpha value is -1.35. The second-order valence-corrected chi connectivity index (χ2v) is 4.24. The Morgan fingerprint density at radius 3 is 2.44 bits per heavy atom. The smallest absolute Gasteiger partial charge is 0.150 e. The highest BCUT2D eigenvalue weighted by Gasteiger charge is 2.14. The predicted molar refractivity (Wildman–Crippen MR) is 64.7 cm³/mol. The molecule has 2 N–H and O–H groups in total. The van der Waals surface area contributed by atoms with Gasteiger partial charge in [0.15, 0.2) is 5.78 Å². The molecule has 3 heteroatoms. The van der Waals surface area contributed by atoms with Gasteiger partial charge in [-0.05, 0) is 36.1 Å². The van der Waals surface area contributed by atoms with Crippen molar-refractivity contribution < 1.29 is 9.53 Å². The maximum Gasteiger partial charge on any atom is 0.150 e. The zero-order chi connectivity index (χ0) is 12.3. The van der Waals surface area contributed by atoms with Gasteiger partial charge in [-0.1, -0.05) is 19.9 Å². The van der Waals surface area contributed by atoms with Crippen molar-refractivity contribution in [3.8, 4) is 5.75 Å². The van der Waals surface area contributed by atoms with Crippen LogP contribution in [0.15, 0.2) is 18.2 Å². The van der Waals surface area contributed by atoms with E-state index >= 15 is 0 Å². The molecular formula is C13H19NO2. The van der Waals surface area contributed by atoms with Gasteiger partial charge in [-0.2, -0.15) is 0 Å². The van der Waals surface area contributed by atoms with Gasteiger partial charge in [0.2, 0.25) is 0 Å². The molecule has 0 saturated carbocycles. The molecule has 16 heavy (non-hydrogen) atoms. The summed E-state index contributed by atoms with van der Waals surface area (Å²) < 4.78 is 5.28. The van der Waals surface area contributed by atoms with Crippen LogP contribution in [0.2, 0.25) is 0 Å². The lowest BCUT2D eigenvalue weighted by molar-refractivity contribution is -0.118. The molecule has 1 atom stereocenters. The van der Waals surface area contributed by atoms with Crippen LogP contribution in [0.4, 0.5) is 0 Å². The van der Waals surface area contributed by atoms with E-state index in [-0.39, 0.29) is 5.78 Å². The molecule has 0 saturated heterocycles. The normalized spacial score (nSPS) is 12.6. The molecular weight excluding hydrogens is 202 g/mol. The first-order valence-electron chi connectivity index (χ1n) is 5.41. The van der Waals surface area contributed by atoms with Crippen LogP contribution in [-0.2, 0) is 4.79 Å². The Balaban J connectivity index is 3.16. The number of methoxy groups -OCH3 is 1. The molecule has 0 bridgehead atoms. The predicted octanol–water partition coefficient (Wildman–Crippen LogP) is 2.41. The number of rotatable bonds is 4. The lowest BCUT2D eigenvalue weighted by Crippen LogP contribution is -2.18. The maximum absolute atomic E-state index is 11.2. The summed E-state index contributed by atoms with van der Waals surface area (Å²) in [4.78, 5) is 11.2. The van der Waals surface area contributed by atoms with Crippen molar-refractivity contribution in [3.05, 3.63) is 29.3 Å². The monoisotopic (exact) mass is 221 g/mol. The van der Waals surface area contributed by atoms with E-state index in [4.69, 9.17) is 10.5 Å². The van der Waals surface area contributed by atoms with Crippen LogP contribution < -0.4 is 10.5 Å². The standard InChI is InChI=1S/C13H19NO2/c1-8(2)11-7-10(13(14)9(3)15)5-6-12(11)16-4/h5-8,13H,14H2,1-4H3. The first kappa shape index (κ1) is 12.7. The minimum Gasteiger partial charge on any atom is -0.496 e. The van der Waals surface area contributed by atoms with E-state index < -0.39 is 6.04 Å². The molecule has 1 rings (SSSR count). The molecule has 3 nitrogen and oxygen atoms in total. The van der Waals surface area contributed by atoms with Crippen molar-refractivity contribution in [1.82, 2.24) is 0 Å². The van der Waals surface area contributed by atoms with Crippen LogP contribution in [0.5, 0.6) is 5.75 Å². The number of benzene rings is 1. The fourth-order valence-electron chi connectivity index (χ4n) is 1.63. The van der Waals surface area contributed by atoms with Gasteiger partial charge in [-0.3, -0.25) is 4.79 Å². The molecule has 0 spiro atoms. The van der Waals surface area contributed by atoms with Crippen molar-refractivity contribution >= 4 is 5.78 Å². The fraction of sp³-hybridized carbons (Fsp3) is 0.462. The molecule has 0 heterocycles. The van der Waals surface area contributed by atoms with Crippen LogP contribution in [0, 0.1) is 0 Å². The average molecular weight is 221 g/mol. The first-order valence-corrected chi connectivity index (χ1v) is 5.41. The van der Waals surface area contributed by atoms with Gasteiger partial charge in [-0.15, -0.1) is 0 Å². The fourth-order valence-corrected chi connectivity index (χ4v) is 1.63. The zero-order valence-corrected chi connectivity index (χ0v) is 10.3. The van der Waals surface area contributed by atoms with Crippen molar-refractivity contribution in [1.29, 1.82) is 0 Å². The molecule has 0 aliphatic rings. The molecule has 0 aromatic heterocycles. The van der Waals surface area contributed by atoms with E-state index in [9.17, 15) is 4.79 Å². The van der Waals surface area contributed by atoms with E-state index in [1.54, 1.807) is 7.11 Å². The third-order valence-electron chi connectivity index (χ3n) is 2.67. The second kappa shape index (κ2) is 5.12. The molecule has 0 aliphatic carbocycles. The molecule has 1 unspecified atom stereocenters. The number of hydrogen-bond donors (Lipinski definition) is 1. The van der Waals surface area contributed by atoms with Crippen LogP contribution in [-0.4, -0.2) is 12.9 Å². The summed E-state index contributed by atoms with van der Waals surface area (Å²) in [5.74, 6) is 1.16. The van der Waals surface area contributed by atoms with Crippen molar-refractivity contribution in [2.75, 3.05) is 7.11 Å². The maximum atomic E-state index is 11.2. The van der Waals surface area contributed by atoms with Crippen molar-refractivity contribution in [2.45, 2.75) is 32.7 Å². The van der Waals surface area contributed by atoms with Gasteiger partial charge < -0.3 is 10.5 Å². The molecule has 0 amide bonds. The quantitative estimate of drug-likeness (QED) is 0.849. The Morgan fingerprint density at radius 2 is 2.00 bits per heavy atom. The van der Waals surface area contributed by atoms with E-state index in [0.29, 0.717) is 5.92 Å². The summed E-state index contributed by atoms with van der Waals surface area (Å²) in [6, 6.07) is 5.13. The number of hydrogen-bond acceptors (Lipinski definition) is 3. The molecule has 1 aromatic carbocycles. The van der Waals surface area contributed by atoms with Gasteiger partial charge in [0.05, 0.1) is 13.2 Å². The number of Topliss-reactive ketones (excluding diaryl/α,β-unsaturated/α-hetero) is 1. The summed E-state index contributed by atoms with van der Waals surface area (Å²) in [7, 11) is 1.64. The summed E-state index contributed by atoms with van der Waals surface area (Å²) in [5, 5.41) is 0. The Morgan fingerprint density at radius 1 is 1.38 bits per heavy atom. The van der Waals surface area contributed by atoms with E-state index in [0.717, 1.165) is 16.9 Å². The second-order valence-electron chi connectivity index (χ2n) is 4.24. The van der Waals surface area contributed by atoms with E-state index in [1.165, 1.54) is 6.92 Å². The average Bonchev–Trinajstić information content (AvgIpc) is 2.26. The number of ketones is 1. The summed E-state index contributed by atoms with van der Waals surface area (Å²) in [5.41, 5.74) is 7.73.